The Morgan fingerprint density at radius 2 is 0.681 bits per heavy atom. The number of ether oxygens (including phenoxy) is 7. The Bertz CT molecular complexity index is 6830. The maximum Gasteiger partial charge on any atom is 1.00 e. The van der Waals surface area contributed by atoms with Crippen molar-refractivity contribution in [1.29, 1.82) is 0 Å². The number of carboxylic acid groups (broad SMARTS) is 2. The summed E-state index contributed by atoms with van der Waals surface area (Å²) in [6.45, 7) is 24.4. The Morgan fingerprint density at radius 1 is 0.390 bits per heavy atom. The number of aromatic nitrogens is 15. The molecule has 3 fully saturated rings. The second kappa shape index (κ2) is 47.3. The molecule has 3 aliphatic rings. The van der Waals surface area contributed by atoms with E-state index in [2.05, 4.69) is 43.5 Å². The van der Waals surface area contributed by atoms with E-state index in [1.807, 2.05) is 106 Å². The van der Waals surface area contributed by atoms with Gasteiger partial charge in [0.2, 0.25) is 17.6 Å². The third-order valence-electron chi connectivity index (χ3n) is 26.3. The van der Waals surface area contributed by atoms with Crippen molar-refractivity contribution in [1.82, 2.24) is 72.9 Å². The number of imidazole rings is 3. The van der Waals surface area contributed by atoms with Crippen molar-refractivity contribution in [2.75, 3.05) is 48.3 Å². The van der Waals surface area contributed by atoms with Crippen molar-refractivity contribution in [3.63, 3.8) is 0 Å². The van der Waals surface area contributed by atoms with E-state index < -0.39 is 35.4 Å². The second-order valence-electron chi connectivity index (χ2n) is 35.4. The summed E-state index contributed by atoms with van der Waals surface area (Å²) in [6, 6.07) is 46.4. The van der Waals surface area contributed by atoms with E-state index in [0.717, 1.165) is 175 Å². The second-order valence-corrected chi connectivity index (χ2v) is 35.4. The Hall–Kier alpha value is -14.7. The van der Waals surface area contributed by atoms with Crippen LogP contribution in [-0.2, 0) is 98.8 Å². The number of halogens is 3. The van der Waals surface area contributed by atoms with Crippen LogP contribution in [0.1, 0.15) is 177 Å². The molecular weight excluding hydrogens is 1800 g/mol. The van der Waals surface area contributed by atoms with Gasteiger partial charge in [0.15, 0.2) is 17.1 Å². The molecule has 0 bridgehead atoms. The van der Waals surface area contributed by atoms with Crippen molar-refractivity contribution >= 4 is 68.1 Å². The van der Waals surface area contributed by atoms with E-state index in [1.165, 1.54) is 25.3 Å². The molecule has 18 rings (SSSR count). The van der Waals surface area contributed by atoms with Gasteiger partial charge in [0.1, 0.15) is 54.7 Å². The average molecular weight is 1910 g/mol. The fraction of sp³-hybridized carbons (Fsp3) is 0.349. The summed E-state index contributed by atoms with van der Waals surface area (Å²) in [5.74, 6) is 2.50. The maximum absolute atomic E-state index is 14.3. The molecule has 15 aromatic rings. The number of esters is 1. The zero-order chi connectivity index (χ0) is 97.3. The molecule has 0 spiro atoms. The first-order valence-corrected chi connectivity index (χ1v) is 46.4. The largest absolute Gasteiger partial charge is 1.00 e. The number of methoxy groups -OCH3 is 4. The topological polar surface area (TPSA) is 345 Å². The Kier molecular flexibility index (Phi) is 34.3. The Labute approximate surface area is 825 Å². The molecule has 722 valence electrons. The zero-order valence-corrected chi connectivity index (χ0v) is 79.9. The quantitative estimate of drug-likeness (QED) is 0.0219. The molecule has 31 nitrogen and oxygen atoms in total. The van der Waals surface area contributed by atoms with E-state index in [-0.39, 0.29) is 84.2 Å². The number of rotatable bonds is 33. The number of hydrogen-bond acceptors (Lipinski definition) is 20. The molecule has 0 atom stereocenters. The van der Waals surface area contributed by atoms with Gasteiger partial charge >= 0.3 is 36.8 Å². The fourth-order valence-corrected chi connectivity index (χ4v) is 18.9. The van der Waals surface area contributed by atoms with Gasteiger partial charge in [0.05, 0.1) is 114 Å². The third kappa shape index (κ3) is 24.6. The minimum Gasteiger partial charge on any atom is -0.870 e. The molecule has 0 aliphatic heterocycles. The van der Waals surface area contributed by atoms with E-state index >= 15 is 0 Å². The van der Waals surface area contributed by atoms with E-state index in [9.17, 15) is 37.8 Å². The minimum atomic E-state index is -0.996. The van der Waals surface area contributed by atoms with Crippen LogP contribution in [0, 0.1) is 54.9 Å². The molecule has 3 saturated carbocycles. The molecule has 0 radical (unpaired) electrons. The molecule has 9 heterocycles. The zero-order valence-electron chi connectivity index (χ0n) is 79.9. The smallest absolute Gasteiger partial charge is 0.870 e. The summed E-state index contributed by atoms with van der Waals surface area (Å²) in [5.41, 5.74) is 14.7. The first-order chi connectivity index (χ1) is 67.5. The molecule has 0 saturated heterocycles. The van der Waals surface area contributed by atoms with Crippen LogP contribution in [0.25, 0.3) is 81.4 Å². The number of pyridine rings is 3. The Morgan fingerprint density at radius 3 is 0.936 bits per heavy atom. The first-order valence-electron chi connectivity index (χ1n) is 46.4. The molecular formula is C106H108F3LiN18O13. The van der Waals surface area contributed by atoms with Crippen molar-refractivity contribution in [3.05, 3.63) is 302 Å². The summed E-state index contributed by atoms with van der Waals surface area (Å²) < 4.78 is 93.3. The van der Waals surface area contributed by atoms with E-state index in [0.29, 0.717) is 126 Å². The fourth-order valence-electron chi connectivity index (χ4n) is 18.9. The monoisotopic (exact) mass is 1900 g/mol. The molecule has 6 aromatic carbocycles. The van der Waals surface area contributed by atoms with E-state index in [4.69, 9.17) is 82.8 Å². The minimum absolute atomic E-state index is 0. The summed E-state index contributed by atoms with van der Waals surface area (Å²) in [5, 5.41) is 33.4. The van der Waals surface area contributed by atoms with Crippen LogP contribution in [-0.4, -0.2) is 155 Å². The maximum atomic E-state index is 14.3. The van der Waals surface area contributed by atoms with Gasteiger partial charge < -0.3 is 62.5 Å². The number of carboxylic acids is 2. The van der Waals surface area contributed by atoms with Gasteiger partial charge in [-0.1, -0.05) is 54.6 Å². The average Bonchev–Trinajstić information content (AvgIpc) is 1.62. The summed E-state index contributed by atoms with van der Waals surface area (Å²) in [6.07, 6.45) is 19.7. The van der Waals surface area contributed by atoms with Gasteiger partial charge in [-0.15, -0.1) is 0 Å². The van der Waals surface area contributed by atoms with Gasteiger partial charge in [-0.3, -0.25) is 14.0 Å². The molecule has 35 heteroatoms. The number of benzene rings is 6. The van der Waals surface area contributed by atoms with Crippen LogP contribution in [0.15, 0.2) is 182 Å². The molecule has 141 heavy (non-hydrogen) atoms. The van der Waals surface area contributed by atoms with Gasteiger partial charge in [-0.05, 0) is 186 Å². The van der Waals surface area contributed by atoms with Crippen molar-refractivity contribution in [2.45, 2.75) is 154 Å². The molecule has 3 N–H and O–H groups in total. The predicted octanol–water partition coefficient (Wildman–Crippen LogP) is 17.8. The standard InChI is InChI=1S/C36H37FN6O4.2C35H35FN6O4.Li.H2O/c1-38-27-13-12-25(29(37)21-27)22-47-34-7-5-6-30(39-34)24-10-8-23(9-11-24)18-33-40-35-28(31-14-15-42(2)41-31)19-26(36(44)46-4)20-32(35)43(33)16-17-45-3;2*1-37-26-12-11-24(28(36)20-26)21-46-33-6-4-5-29(38-33)23-9-7-22(8-10-23)17-32-39-34-27(30-13-14-41(2)40-30)18-25(35(43)44)19-31(34)42(32)15-16-45-3;;/h5-7,12-15,19-21,23-24H,8-11,16-18,22H2,2-4H3;2*4-6,11-14,18-20,22-23H,7-10,15-17,21H2,2-3H3,(H,43,44);;1H2/q;;;+1;/p-1. The van der Waals surface area contributed by atoms with Crippen LogP contribution >= 0.6 is 0 Å². The van der Waals surface area contributed by atoms with Crippen LogP contribution in [0.3, 0.4) is 0 Å². The van der Waals surface area contributed by atoms with Gasteiger partial charge in [-0.2, -0.15) is 15.3 Å². The number of aromatic carboxylic acids is 2. The SMILES string of the molecule is [C-]#[N+]c1ccc(COc2cccc(C3CCC(Cc4nc5c(-c6ccn(C)n6)cc(C(=O)O)cc5n4CCOC)CC3)n2)c(F)c1.[C-]#[N+]c1ccc(COc2cccc(C3CCC(Cc4nc5c(-c6ccn(C)n6)cc(C(=O)O)cc5n4CCOC)CC3)n2)c(F)c1.[C-]#[N+]c1ccc(COc2cccc(C3CCC(Cc4nc5c(-c6ccn(C)n6)cc(C(=O)OC)cc5n4CCOC)CC3)n2)c(F)c1.[Li+].[OH-]. The van der Waals surface area contributed by atoms with Crippen molar-refractivity contribution in [3.8, 4) is 51.4 Å². The number of fused-ring (bicyclic) bond motifs is 3. The number of carbonyl (C=O) groups is 3. The van der Waals surface area contributed by atoms with Gasteiger partial charge in [-0.25, -0.2) is 72.0 Å². The molecule has 0 amide bonds. The van der Waals surface area contributed by atoms with Crippen LogP contribution in [0.4, 0.5) is 30.2 Å². The number of nitrogens with zero attached hydrogens (tertiary/aromatic N) is 18. The molecule has 3 aliphatic carbocycles. The number of hydrogen-bond donors (Lipinski definition) is 2. The third-order valence-corrected chi connectivity index (χ3v) is 26.3. The van der Waals surface area contributed by atoms with Crippen molar-refractivity contribution in [2.24, 2.45) is 38.9 Å². The van der Waals surface area contributed by atoms with Gasteiger partial charge in [0.25, 0.3) is 0 Å². The van der Waals surface area contributed by atoms with Gasteiger partial charge in [0, 0.05) is 186 Å². The summed E-state index contributed by atoms with van der Waals surface area (Å²) in [4.78, 5) is 76.2. The van der Waals surface area contributed by atoms with E-state index in [1.54, 1.807) is 114 Å². The summed E-state index contributed by atoms with van der Waals surface area (Å²) in [7, 11) is 11.9. The van der Waals surface area contributed by atoms with Crippen LogP contribution in [0.2, 0.25) is 0 Å². The molecule has 9 aromatic heterocycles. The number of aryl methyl sites for hydroxylation is 3. The number of carbonyl (C=O) groups excluding carboxylic acids is 1. The Balaban J connectivity index is 0.000000167. The van der Waals surface area contributed by atoms with Crippen LogP contribution < -0.4 is 33.1 Å². The normalized spacial score (nSPS) is 16.1. The first kappa shape index (κ1) is 102. The summed E-state index contributed by atoms with van der Waals surface area (Å²) >= 11 is 0. The van der Waals surface area contributed by atoms with Crippen LogP contribution in [0.5, 0.6) is 17.6 Å². The predicted molar refractivity (Wildman–Crippen MR) is 518 cm³/mol. The molecule has 0 unspecified atom stereocenters. The van der Waals surface area contributed by atoms with Crippen molar-refractivity contribution < 1.29 is 95.3 Å².